The molecule has 0 spiro atoms. The van der Waals surface area contributed by atoms with Crippen LogP contribution in [0.2, 0.25) is 5.02 Å². The van der Waals surface area contributed by atoms with Gasteiger partial charge in [-0.3, -0.25) is 0 Å². The molecule has 0 aliphatic carbocycles. The zero-order valence-electron chi connectivity index (χ0n) is 9.48. The number of hydrogen-bond donors (Lipinski definition) is 0. The van der Waals surface area contributed by atoms with Crippen LogP contribution >= 0.6 is 11.6 Å². The number of hydrogen-bond acceptors (Lipinski definition) is 1. The number of furan rings is 1. The fraction of sp³-hybridized carbons (Fsp3) is 0. The van der Waals surface area contributed by atoms with Gasteiger partial charge in [-0.2, -0.15) is 0 Å². The van der Waals surface area contributed by atoms with Crippen LogP contribution in [0.1, 0.15) is 0 Å². The molecule has 0 unspecified atom stereocenters. The molecule has 0 fully saturated rings. The minimum absolute atomic E-state index is 0.759. The summed E-state index contributed by atoms with van der Waals surface area (Å²) in [4.78, 5) is 0. The molecule has 2 heteroatoms. The fourth-order valence-electron chi connectivity index (χ4n) is 2.52. The first kappa shape index (κ1) is 9.98. The van der Waals surface area contributed by atoms with E-state index in [1.165, 1.54) is 10.8 Å². The number of para-hydroxylation sites is 1. The standard InChI is InChI=1S/C16H9ClO/c17-11-6-7-12-10(9-11)5-8-15-16(12)13-3-1-2-4-14(13)18-15/h1-9H. The molecule has 0 aliphatic rings. The molecule has 4 aromatic rings. The lowest BCUT2D eigenvalue weighted by Gasteiger charge is -2.00. The summed E-state index contributed by atoms with van der Waals surface area (Å²) < 4.78 is 5.86. The van der Waals surface area contributed by atoms with E-state index in [1.54, 1.807) is 0 Å². The van der Waals surface area contributed by atoms with Gasteiger partial charge in [0.2, 0.25) is 0 Å². The summed E-state index contributed by atoms with van der Waals surface area (Å²) in [7, 11) is 0. The first-order chi connectivity index (χ1) is 8.83. The summed E-state index contributed by atoms with van der Waals surface area (Å²) in [6.07, 6.45) is 0. The summed E-state index contributed by atoms with van der Waals surface area (Å²) in [5.74, 6) is 0. The maximum atomic E-state index is 6.04. The Hall–Kier alpha value is -1.99. The first-order valence-electron chi connectivity index (χ1n) is 5.82. The SMILES string of the molecule is Clc1ccc2c(ccc3oc4ccccc4c32)c1. The maximum absolute atomic E-state index is 6.04. The van der Waals surface area contributed by atoms with Crippen molar-refractivity contribution in [1.29, 1.82) is 0 Å². The number of rotatable bonds is 0. The van der Waals surface area contributed by atoms with Crippen molar-refractivity contribution in [2.24, 2.45) is 0 Å². The summed E-state index contributed by atoms with van der Waals surface area (Å²) in [5.41, 5.74) is 1.85. The van der Waals surface area contributed by atoms with E-state index >= 15 is 0 Å². The van der Waals surface area contributed by atoms with E-state index in [9.17, 15) is 0 Å². The Labute approximate surface area is 109 Å². The van der Waals surface area contributed by atoms with Crippen LogP contribution < -0.4 is 0 Å². The Bertz CT molecular complexity index is 889. The normalized spacial score (nSPS) is 11.6. The van der Waals surface area contributed by atoms with E-state index in [1.807, 2.05) is 42.5 Å². The Morgan fingerprint density at radius 2 is 1.67 bits per heavy atom. The van der Waals surface area contributed by atoms with Gasteiger partial charge in [0.05, 0.1) is 0 Å². The number of halogens is 1. The number of benzene rings is 3. The van der Waals surface area contributed by atoms with Crippen LogP contribution in [0.3, 0.4) is 0 Å². The van der Waals surface area contributed by atoms with Gasteiger partial charge in [-0.25, -0.2) is 0 Å². The third kappa shape index (κ3) is 1.28. The molecule has 0 N–H and O–H groups in total. The lowest BCUT2D eigenvalue weighted by molar-refractivity contribution is 0.669. The van der Waals surface area contributed by atoms with Gasteiger partial charge in [0.1, 0.15) is 11.2 Å². The Kier molecular flexibility index (Phi) is 1.94. The predicted molar refractivity (Wildman–Crippen MR) is 76.2 cm³/mol. The summed E-state index contributed by atoms with van der Waals surface area (Å²) in [6, 6.07) is 18.1. The Balaban J connectivity index is 2.32. The molecule has 0 atom stereocenters. The highest BCUT2D eigenvalue weighted by Crippen LogP contribution is 2.35. The van der Waals surface area contributed by atoms with Crippen molar-refractivity contribution < 1.29 is 4.42 Å². The van der Waals surface area contributed by atoms with Gasteiger partial charge in [-0.15, -0.1) is 0 Å². The second kappa shape index (κ2) is 3.50. The van der Waals surface area contributed by atoms with Crippen molar-refractivity contribution in [3.8, 4) is 0 Å². The van der Waals surface area contributed by atoms with Crippen LogP contribution in [0, 0.1) is 0 Å². The second-order valence-electron chi connectivity index (χ2n) is 4.40. The molecule has 18 heavy (non-hydrogen) atoms. The third-order valence-corrected chi connectivity index (χ3v) is 3.56. The minimum atomic E-state index is 0.759. The predicted octanol–water partition coefficient (Wildman–Crippen LogP) is 5.39. The summed E-state index contributed by atoms with van der Waals surface area (Å²) in [6.45, 7) is 0. The van der Waals surface area contributed by atoms with E-state index in [0.717, 1.165) is 27.0 Å². The maximum Gasteiger partial charge on any atom is 0.136 e. The molecule has 0 bridgehead atoms. The Morgan fingerprint density at radius 3 is 2.61 bits per heavy atom. The zero-order valence-corrected chi connectivity index (χ0v) is 10.2. The van der Waals surface area contributed by atoms with E-state index in [2.05, 4.69) is 12.1 Å². The zero-order chi connectivity index (χ0) is 12.1. The highest BCUT2D eigenvalue weighted by molar-refractivity contribution is 6.32. The highest BCUT2D eigenvalue weighted by Gasteiger charge is 2.09. The van der Waals surface area contributed by atoms with E-state index in [4.69, 9.17) is 16.0 Å². The van der Waals surface area contributed by atoms with Crippen LogP contribution in [0.4, 0.5) is 0 Å². The van der Waals surface area contributed by atoms with Gasteiger partial charge in [-0.05, 0) is 35.0 Å². The van der Waals surface area contributed by atoms with Crippen molar-refractivity contribution >= 4 is 44.3 Å². The van der Waals surface area contributed by atoms with Gasteiger partial charge in [0.25, 0.3) is 0 Å². The largest absolute Gasteiger partial charge is 0.456 e. The van der Waals surface area contributed by atoms with E-state index in [-0.39, 0.29) is 0 Å². The van der Waals surface area contributed by atoms with Crippen molar-refractivity contribution in [1.82, 2.24) is 0 Å². The molecule has 0 aliphatic heterocycles. The molecule has 1 nitrogen and oxygen atoms in total. The van der Waals surface area contributed by atoms with Gasteiger partial charge in [0.15, 0.2) is 0 Å². The Morgan fingerprint density at radius 1 is 0.778 bits per heavy atom. The van der Waals surface area contributed by atoms with Gasteiger partial charge in [-0.1, -0.05) is 41.9 Å². The molecular weight excluding hydrogens is 244 g/mol. The van der Waals surface area contributed by atoms with Crippen LogP contribution in [-0.2, 0) is 0 Å². The van der Waals surface area contributed by atoms with Gasteiger partial charge in [0, 0.05) is 15.8 Å². The first-order valence-corrected chi connectivity index (χ1v) is 6.20. The van der Waals surface area contributed by atoms with Gasteiger partial charge >= 0.3 is 0 Å². The second-order valence-corrected chi connectivity index (χ2v) is 4.84. The van der Waals surface area contributed by atoms with Crippen molar-refractivity contribution in [3.63, 3.8) is 0 Å². The van der Waals surface area contributed by atoms with Crippen LogP contribution in [0.25, 0.3) is 32.7 Å². The third-order valence-electron chi connectivity index (χ3n) is 3.32. The minimum Gasteiger partial charge on any atom is -0.456 e. The topological polar surface area (TPSA) is 13.1 Å². The summed E-state index contributed by atoms with van der Waals surface area (Å²) in [5, 5.41) is 5.40. The lowest BCUT2D eigenvalue weighted by atomic mass is 10.0. The average molecular weight is 253 g/mol. The molecule has 0 amide bonds. The average Bonchev–Trinajstić information content (AvgIpc) is 2.77. The van der Waals surface area contributed by atoms with Crippen molar-refractivity contribution in [2.75, 3.05) is 0 Å². The van der Waals surface area contributed by atoms with Crippen molar-refractivity contribution in [3.05, 3.63) is 59.6 Å². The molecule has 86 valence electrons. The highest BCUT2D eigenvalue weighted by atomic mass is 35.5. The van der Waals surface area contributed by atoms with Crippen LogP contribution in [0.15, 0.2) is 59.0 Å². The molecule has 1 aromatic heterocycles. The van der Waals surface area contributed by atoms with Crippen LogP contribution in [0.5, 0.6) is 0 Å². The van der Waals surface area contributed by atoms with E-state index < -0.39 is 0 Å². The van der Waals surface area contributed by atoms with Crippen LogP contribution in [-0.4, -0.2) is 0 Å². The molecular formula is C16H9ClO. The lowest BCUT2D eigenvalue weighted by Crippen LogP contribution is -1.74. The molecule has 0 saturated carbocycles. The van der Waals surface area contributed by atoms with Gasteiger partial charge < -0.3 is 4.42 Å². The quantitative estimate of drug-likeness (QED) is 0.409. The molecule has 0 saturated heterocycles. The molecule has 3 aromatic carbocycles. The molecule has 0 radical (unpaired) electrons. The molecule has 4 rings (SSSR count). The number of fused-ring (bicyclic) bond motifs is 5. The molecule has 1 heterocycles. The summed E-state index contributed by atoms with van der Waals surface area (Å²) >= 11 is 6.04. The van der Waals surface area contributed by atoms with Crippen molar-refractivity contribution in [2.45, 2.75) is 0 Å². The smallest absolute Gasteiger partial charge is 0.136 e. The monoisotopic (exact) mass is 252 g/mol. The fourth-order valence-corrected chi connectivity index (χ4v) is 2.70. The van der Waals surface area contributed by atoms with E-state index in [0.29, 0.717) is 0 Å².